The molecule has 2 aromatic rings. The van der Waals surface area contributed by atoms with Gasteiger partial charge >= 0.3 is 0 Å². The molecule has 1 aromatic carbocycles. The number of thiophene rings is 1. The Morgan fingerprint density at radius 2 is 2.10 bits per heavy atom. The molecular formula is C16H18N2OS. The Bertz CT molecular complexity index is 580. The van der Waals surface area contributed by atoms with Crippen molar-refractivity contribution in [3.63, 3.8) is 0 Å². The van der Waals surface area contributed by atoms with E-state index in [0.717, 1.165) is 31.6 Å². The monoisotopic (exact) mass is 286 g/mol. The van der Waals surface area contributed by atoms with Gasteiger partial charge in [-0.15, -0.1) is 0 Å². The van der Waals surface area contributed by atoms with Crippen LogP contribution in [-0.4, -0.2) is 30.4 Å². The van der Waals surface area contributed by atoms with E-state index in [0.29, 0.717) is 6.54 Å². The lowest BCUT2D eigenvalue weighted by molar-refractivity contribution is 0.0948. The van der Waals surface area contributed by atoms with Crippen molar-refractivity contribution in [1.82, 2.24) is 10.2 Å². The van der Waals surface area contributed by atoms with Crippen LogP contribution in [-0.2, 0) is 13.0 Å². The minimum atomic E-state index is 0.0312. The summed E-state index contributed by atoms with van der Waals surface area (Å²) in [4.78, 5) is 14.2. The topological polar surface area (TPSA) is 32.3 Å². The molecule has 0 saturated heterocycles. The largest absolute Gasteiger partial charge is 0.351 e. The number of fused-ring (bicyclic) bond motifs is 1. The molecule has 0 aliphatic carbocycles. The smallest absolute Gasteiger partial charge is 0.252 e. The number of rotatable bonds is 4. The third-order valence-electron chi connectivity index (χ3n) is 3.71. The lowest BCUT2D eigenvalue weighted by Crippen LogP contribution is -2.37. The van der Waals surface area contributed by atoms with E-state index in [1.165, 1.54) is 11.1 Å². The lowest BCUT2D eigenvalue weighted by Gasteiger charge is -2.28. The highest BCUT2D eigenvalue weighted by atomic mass is 32.1. The second-order valence-corrected chi connectivity index (χ2v) is 5.84. The Kier molecular flexibility index (Phi) is 4.14. The molecule has 104 valence electrons. The SMILES string of the molecule is O=C(NCCN1CCc2ccccc2C1)c1ccsc1. The minimum absolute atomic E-state index is 0.0312. The van der Waals surface area contributed by atoms with Gasteiger partial charge in [0.1, 0.15) is 0 Å². The maximum atomic E-state index is 11.8. The van der Waals surface area contributed by atoms with Crippen LogP contribution in [0, 0.1) is 0 Å². The molecule has 3 nitrogen and oxygen atoms in total. The minimum Gasteiger partial charge on any atom is -0.351 e. The third-order valence-corrected chi connectivity index (χ3v) is 4.39. The molecule has 2 heterocycles. The van der Waals surface area contributed by atoms with Crippen LogP contribution < -0.4 is 5.32 Å². The first-order valence-electron chi connectivity index (χ1n) is 6.92. The van der Waals surface area contributed by atoms with E-state index in [9.17, 15) is 4.79 Å². The highest BCUT2D eigenvalue weighted by Gasteiger charge is 2.15. The van der Waals surface area contributed by atoms with Crippen LogP contribution in [0.3, 0.4) is 0 Å². The lowest BCUT2D eigenvalue weighted by atomic mass is 10.00. The van der Waals surface area contributed by atoms with Crippen LogP contribution in [0.5, 0.6) is 0 Å². The Morgan fingerprint density at radius 1 is 1.25 bits per heavy atom. The molecule has 0 unspecified atom stereocenters. The summed E-state index contributed by atoms with van der Waals surface area (Å²) in [6.45, 7) is 3.68. The van der Waals surface area contributed by atoms with Crippen molar-refractivity contribution in [3.8, 4) is 0 Å². The van der Waals surface area contributed by atoms with Gasteiger partial charge in [0.2, 0.25) is 0 Å². The fourth-order valence-electron chi connectivity index (χ4n) is 2.57. The van der Waals surface area contributed by atoms with Gasteiger partial charge in [0, 0.05) is 37.1 Å². The first-order valence-corrected chi connectivity index (χ1v) is 7.87. The Hall–Kier alpha value is -1.65. The molecule has 1 aromatic heterocycles. The van der Waals surface area contributed by atoms with E-state index in [4.69, 9.17) is 0 Å². The highest BCUT2D eigenvalue weighted by molar-refractivity contribution is 7.08. The van der Waals surface area contributed by atoms with Crippen molar-refractivity contribution >= 4 is 17.2 Å². The molecule has 1 N–H and O–H groups in total. The summed E-state index contributed by atoms with van der Waals surface area (Å²) in [6, 6.07) is 10.5. The summed E-state index contributed by atoms with van der Waals surface area (Å²) in [6.07, 6.45) is 1.11. The Labute approximate surface area is 123 Å². The molecule has 0 bridgehead atoms. The number of amides is 1. The molecule has 1 aliphatic rings. The summed E-state index contributed by atoms with van der Waals surface area (Å²) in [5.74, 6) is 0.0312. The highest BCUT2D eigenvalue weighted by Crippen LogP contribution is 2.17. The molecule has 0 spiro atoms. The van der Waals surface area contributed by atoms with Gasteiger partial charge in [-0.1, -0.05) is 24.3 Å². The number of nitrogens with one attached hydrogen (secondary N) is 1. The predicted molar refractivity (Wildman–Crippen MR) is 82.1 cm³/mol. The van der Waals surface area contributed by atoms with Crippen LogP contribution in [0.15, 0.2) is 41.1 Å². The molecule has 0 radical (unpaired) electrons. The van der Waals surface area contributed by atoms with Crippen molar-refractivity contribution in [2.75, 3.05) is 19.6 Å². The van der Waals surface area contributed by atoms with Crippen LogP contribution >= 0.6 is 11.3 Å². The van der Waals surface area contributed by atoms with Gasteiger partial charge in [-0.05, 0) is 29.0 Å². The standard InChI is InChI=1S/C16H18N2OS/c19-16(15-6-10-20-12-15)17-7-9-18-8-5-13-3-1-2-4-14(13)11-18/h1-4,6,10,12H,5,7-9,11H2,(H,17,19). The summed E-state index contributed by atoms with van der Waals surface area (Å²) in [5, 5.41) is 6.79. The number of hydrogen-bond donors (Lipinski definition) is 1. The second kappa shape index (κ2) is 6.20. The van der Waals surface area contributed by atoms with Crippen LogP contribution in [0.4, 0.5) is 0 Å². The first kappa shape index (κ1) is 13.3. The predicted octanol–water partition coefficient (Wildman–Crippen LogP) is 2.54. The fraction of sp³-hybridized carbons (Fsp3) is 0.312. The number of hydrogen-bond acceptors (Lipinski definition) is 3. The van der Waals surface area contributed by atoms with Gasteiger partial charge in [-0.3, -0.25) is 9.69 Å². The number of benzene rings is 1. The zero-order valence-corrected chi connectivity index (χ0v) is 12.2. The van der Waals surface area contributed by atoms with Crippen LogP contribution in [0.2, 0.25) is 0 Å². The molecule has 3 rings (SSSR count). The van der Waals surface area contributed by atoms with E-state index in [2.05, 4.69) is 34.5 Å². The Morgan fingerprint density at radius 3 is 2.90 bits per heavy atom. The molecular weight excluding hydrogens is 268 g/mol. The van der Waals surface area contributed by atoms with Gasteiger partial charge in [0.15, 0.2) is 0 Å². The van der Waals surface area contributed by atoms with E-state index in [1.54, 1.807) is 11.3 Å². The molecule has 1 amide bonds. The number of carbonyl (C=O) groups excluding carboxylic acids is 1. The molecule has 4 heteroatoms. The maximum Gasteiger partial charge on any atom is 0.252 e. The van der Waals surface area contributed by atoms with Crippen LogP contribution in [0.25, 0.3) is 0 Å². The zero-order chi connectivity index (χ0) is 13.8. The van der Waals surface area contributed by atoms with Crippen LogP contribution in [0.1, 0.15) is 21.5 Å². The number of carbonyl (C=O) groups is 1. The average molecular weight is 286 g/mol. The Balaban J connectivity index is 1.47. The summed E-state index contributed by atoms with van der Waals surface area (Å²) in [5.41, 5.74) is 3.65. The van der Waals surface area contributed by atoms with Gasteiger partial charge in [-0.25, -0.2) is 0 Å². The molecule has 20 heavy (non-hydrogen) atoms. The quantitative estimate of drug-likeness (QED) is 0.937. The zero-order valence-electron chi connectivity index (χ0n) is 11.3. The van der Waals surface area contributed by atoms with E-state index < -0.39 is 0 Å². The van der Waals surface area contributed by atoms with E-state index >= 15 is 0 Å². The second-order valence-electron chi connectivity index (χ2n) is 5.06. The summed E-state index contributed by atoms with van der Waals surface area (Å²) >= 11 is 1.55. The molecule has 0 saturated carbocycles. The summed E-state index contributed by atoms with van der Waals surface area (Å²) < 4.78 is 0. The van der Waals surface area contributed by atoms with Crippen molar-refractivity contribution in [2.24, 2.45) is 0 Å². The van der Waals surface area contributed by atoms with Crippen molar-refractivity contribution in [3.05, 3.63) is 57.8 Å². The van der Waals surface area contributed by atoms with Crippen molar-refractivity contribution < 1.29 is 4.79 Å². The van der Waals surface area contributed by atoms with Crippen molar-refractivity contribution in [2.45, 2.75) is 13.0 Å². The fourth-order valence-corrected chi connectivity index (χ4v) is 3.20. The van der Waals surface area contributed by atoms with E-state index in [1.807, 2.05) is 16.8 Å². The first-order chi connectivity index (χ1) is 9.83. The summed E-state index contributed by atoms with van der Waals surface area (Å²) in [7, 11) is 0. The molecule has 0 atom stereocenters. The maximum absolute atomic E-state index is 11.8. The average Bonchev–Trinajstić information content (AvgIpc) is 3.01. The molecule has 1 aliphatic heterocycles. The molecule has 0 fully saturated rings. The van der Waals surface area contributed by atoms with E-state index in [-0.39, 0.29) is 5.91 Å². The number of nitrogens with zero attached hydrogens (tertiary/aromatic N) is 1. The normalized spacial score (nSPS) is 14.8. The van der Waals surface area contributed by atoms with Gasteiger partial charge < -0.3 is 5.32 Å². The van der Waals surface area contributed by atoms with Gasteiger partial charge in [0.25, 0.3) is 5.91 Å². The van der Waals surface area contributed by atoms with Gasteiger partial charge in [-0.2, -0.15) is 11.3 Å². The van der Waals surface area contributed by atoms with Crippen molar-refractivity contribution in [1.29, 1.82) is 0 Å². The third kappa shape index (κ3) is 3.08. The van der Waals surface area contributed by atoms with Gasteiger partial charge in [0.05, 0.1) is 0 Å².